The van der Waals surface area contributed by atoms with Gasteiger partial charge in [-0.15, -0.1) is 0 Å². The summed E-state index contributed by atoms with van der Waals surface area (Å²) in [7, 11) is -3.35. The number of rotatable bonds is 6. The summed E-state index contributed by atoms with van der Waals surface area (Å²) in [5.74, 6) is 0.549. The lowest BCUT2D eigenvalue weighted by Gasteiger charge is -2.24. The Morgan fingerprint density at radius 1 is 1.46 bits per heavy atom. The van der Waals surface area contributed by atoms with Gasteiger partial charge in [-0.05, 0) is 25.5 Å². The van der Waals surface area contributed by atoms with Crippen molar-refractivity contribution in [3.8, 4) is 0 Å². The van der Waals surface area contributed by atoms with E-state index in [0.29, 0.717) is 24.7 Å². The minimum absolute atomic E-state index is 0.0955. The molecule has 0 radical (unpaired) electrons. The van der Waals surface area contributed by atoms with Crippen LogP contribution in [0.1, 0.15) is 24.5 Å². The first kappa shape index (κ1) is 16.8. The topological polar surface area (TPSA) is 102 Å². The van der Waals surface area contributed by atoms with Crippen LogP contribution < -0.4 is 10.6 Å². The Hall–Kier alpha value is -2.00. The number of piperidine rings is 1. The van der Waals surface area contributed by atoms with Crippen molar-refractivity contribution >= 4 is 15.8 Å². The zero-order valence-corrected chi connectivity index (χ0v) is 14.5. The quantitative estimate of drug-likeness (QED) is 0.789. The van der Waals surface area contributed by atoms with E-state index in [0.717, 1.165) is 25.9 Å². The third kappa shape index (κ3) is 4.09. The van der Waals surface area contributed by atoms with Gasteiger partial charge in [0.25, 0.3) is 0 Å². The lowest BCUT2D eigenvalue weighted by molar-refractivity contribution is 0.448. The lowest BCUT2D eigenvalue weighted by atomic mass is 9.96. The van der Waals surface area contributed by atoms with Gasteiger partial charge in [0.15, 0.2) is 9.84 Å². The Morgan fingerprint density at radius 2 is 2.33 bits per heavy atom. The third-order valence-electron chi connectivity index (χ3n) is 4.05. The van der Waals surface area contributed by atoms with Gasteiger partial charge in [0, 0.05) is 37.7 Å². The summed E-state index contributed by atoms with van der Waals surface area (Å²) in [5, 5.41) is 10.6. The molecule has 0 unspecified atom stereocenters. The molecule has 3 rings (SSSR count). The summed E-state index contributed by atoms with van der Waals surface area (Å²) in [4.78, 5) is 8.91. The Kier molecular flexibility index (Phi) is 5.10. The third-order valence-corrected chi connectivity index (χ3v) is 5.16. The smallest absolute Gasteiger partial charge is 0.223 e. The monoisotopic (exact) mass is 350 g/mol. The predicted octanol–water partition coefficient (Wildman–Crippen LogP) is 0.656. The van der Waals surface area contributed by atoms with Gasteiger partial charge in [0.05, 0.1) is 18.4 Å². The summed E-state index contributed by atoms with van der Waals surface area (Å²) in [6.45, 7) is 3.00. The first-order valence-corrected chi connectivity index (χ1v) is 9.92. The first-order valence-electron chi connectivity index (χ1n) is 8.03. The van der Waals surface area contributed by atoms with Crippen molar-refractivity contribution in [1.82, 2.24) is 25.1 Å². The van der Waals surface area contributed by atoms with Gasteiger partial charge in [-0.3, -0.25) is 4.68 Å². The van der Waals surface area contributed by atoms with Gasteiger partial charge in [0.2, 0.25) is 5.95 Å². The van der Waals surface area contributed by atoms with Crippen molar-refractivity contribution in [3.63, 3.8) is 0 Å². The molecule has 0 spiro atoms. The minimum Gasteiger partial charge on any atom is -0.352 e. The van der Waals surface area contributed by atoms with Crippen LogP contribution in [-0.2, 0) is 16.4 Å². The van der Waals surface area contributed by atoms with Gasteiger partial charge in [0.1, 0.15) is 4.90 Å². The molecule has 1 atom stereocenters. The summed E-state index contributed by atoms with van der Waals surface area (Å²) < 4.78 is 25.9. The SMILES string of the molecule is CS(=O)(=O)c1cnc(NCCn2cccn2)nc1[C@@H]1CCCNC1. The number of nitrogens with zero attached hydrogens (tertiary/aromatic N) is 4. The van der Waals surface area contributed by atoms with Crippen molar-refractivity contribution in [1.29, 1.82) is 0 Å². The van der Waals surface area contributed by atoms with E-state index in [9.17, 15) is 8.42 Å². The zero-order valence-electron chi connectivity index (χ0n) is 13.6. The average Bonchev–Trinajstić information content (AvgIpc) is 3.08. The molecule has 2 aromatic heterocycles. The number of hydrogen-bond donors (Lipinski definition) is 2. The number of aromatic nitrogens is 4. The fraction of sp³-hybridized carbons (Fsp3) is 0.533. The number of anilines is 1. The van der Waals surface area contributed by atoms with Crippen LogP contribution in [0, 0.1) is 0 Å². The molecule has 2 aromatic rings. The Morgan fingerprint density at radius 3 is 3.00 bits per heavy atom. The van der Waals surface area contributed by atoms with E-state index >= 15 is 0 Å². The highest BCUT2D eigenvalue weighted by atomic mass is 32.2. The second-order valence-corrected chi connectivity index (χ2v) is 7.94. The maximum Gasteiger partial charge on any atom is 0.223 e. The van der Waals surface area contributed by atoms with Crippen molar-refractivity contribution in [2.24, 2.45) is 0 Å². The molecule has 0 aromatic carbocycles. The molecule has 24 heavy (non-hydrogen) atoms. The van der Waals surface area contributed by atoms with E-state index in [1.54, 1.807) is 6.20 Å². The average molecular weight is 350 g/mol. The van der Waals surface area contributed by atoms with Crippen molar-refractivity contribution in [3.05, 3.63) is 30.4 Å². The Bertz CT molecular complexity index is 769. The predicted molar refractivity (Wildman–Crippen MR) is 90.7 cm³/mol. The lowest BCUT2D eigenvalue weighted by Crippen LogP contribution is -2.30. The van der Waals surface area contributed by atoms with Crippen LogP contribution in [0.2, 0.25) is 0 Å². The molecule has 9 heteroatoms. The minimum atomic E-state index is -3.35. The van der Waals surface area contributed by atoms with Crippen LogP contribution in [0.4, 0.5) is 5.95 Å². The van der Waals surface area contributed by atoms with Gasteiger partial charge >= 0.3 is 0 Å². The Balaban J connectivity index is 1.78. The van der Waals surface area contributed by atoms with Gasteiger partial charge in [-0.2, -0.15) is 5.10 Å². The molecular formula is C15H22N6O2S. The van der Waals surface area contributed by atoms with E-state index < -0.39 is 9.84 Å². The number of nitrogens with one attached hydrogen (secondary N) is 2. The fourth-order valence-corrected chi connectivity index (χ4v) is 3.68. The highest BCUT2D eigenvalue weighted by molar-refractivity contribution is 7.90. The molecule has 1 fully saturated rings. The summed E-state index contributed by atoms with van der Waals surface area (Å²) in [6.07, 6.45) is 8.18. The van der Waals surface area contributed by atoms with E-state index in [1.165, 1.54) is 12.5 Å². The normalized spacial score (nSPS) is 18.5. The van der Waals surface area contributed by atoms with Crippen molar-refractivity contribution in [2.45, 2.75) is 30.2 Å². The van der Waals surface area contributed by atoms with E-state index in [2.05, 4.69) is 25.7 Å². The molecule has 1 aliphatic rings. The standard InChI is InChI=1S/C15H22N6O2S/c1-24(22,23)13-11-18-15(17-7-9-21-8-3-6-19-21)20-14(13)12-4-2-5-16-10-12/h3,6,8,11-12,16H,2,4-5,7,9-10H2,1H3,(H,17,18,20)/t12-/m1/s1. The molecule has 8 nitrogen and oxygen atoms in total. The van der Waals surface area contributed by atoms with Crippen LogP contribution >= 0.6 is 0 Å². The van der Waals surface area contributed by atoms with E-state index in [1.807, 2.05) is 16.9 Å². The molecule has 1 aliphatic heterocycles. The van der Waals surface area contributed by atoms with Crippen LogP contribution in [0.15, 0.2) is 29.6 Å². The van der Waals surface area contributed by atoms with Gasteiger partial charge in [-0.1, -0.05) is 0 Å². The fourth-order valence-electron chi connectivity index (χ4n) is 2.85. The van der Waals surface area contributed by atoms with Gasteiger partial charge < -0.3 is 10.6 Å². The highest BCUT2D eigenvalue weighted by Gasteiger charge is 2.25. The van der Waals surface area contributed by atoms with Crippen LogP contribution in [0.3, 0.4) is 0 Å². The summed E-state index contributed by atoms with van der Waals surface area (Å²) in [6, 6.07) is 1.87. The maximum absolute atomic E-state index is 12.0. The zero-order chi connectivity index (χ0) is 17.0. The van der Waals surface area contributed by atoms with Gasteiger partial charge in [-0.25, -0.2) is 18.4 Å². The van der Waals surface area contributed by atoms with Crippen LogP contribution in [-0.4, -0.2) is 54.1 Å². The van der Waals surface area contributed by atoms with Crippen molar-refractivity contribution in [2.75, 3.05) is 31.2 Å². The maximum atomic E-state index is 12.0. The number of sulfone groups is 1. The molecule has 0 aliphatic carbocycles. The highest BCUT2D eigenvalue weighted by Crippen LogP contribution is 2.27. The first-order chi connectivity index (χ1) is 11.5. The largest absolute Gasteiger partial charge is 0.352 e. The van der Waals surface area contributed by atoms with E-state index in [-0.39, 0.29) is 10.8 Å². The molecule has 1 saturated heterocycles. The molecule has 0 bridgehead atoms. The molecule has 3 heterocycles. The second kappa shape index (κ2) is 7.27. The van der Waals surface area contributed by atoms with Crippen LogP contribution in [0.25, 0.3) is 0 Å². The molecular weight excluding hydrogens is 328 g/mol. The molecule has 2 N–H and O–H groups in total. The van der Waals surface area contributed by atoms with Crippen LogP contribution in [0.5, 0.6) is 0 Å². The molecule has 130 valence electrons. The number of hydrogen-bond acceptors (Lipinski definition) is 7. The molecule has 0 saturated carbocycles. The second-order valence-electron chi connectivity index (χ2n) is 5.95. The summed E-state index contributed by atoms with van der Waals surface area (Å²) >= 11 is 0. The van der Waals surface area contributed by atoms with Crippen molar-refractivity contribution < 1.29 is 8.42 Å². The molecule has 0 amide bonds. The van der Waals surface area contributed by atoms with E-state index in [4.69, 9.17) is 0 Å². The summed E-state index contributed by atoms with van der Waals surface area (Å²) in [5.41, 5.74) is 0.612. The Labute approximate surface area is 141 Å².